The quantitative estimate of drug-likeness (QED) is 0.808. The molecule has 1 aromatic rings. The largest absolute Gasteiger partial charge is 0.493 e. The van der Waals surface area contributed by atoms with Crippen molar-refractivity contribution in [2.24, 2.45) is 11.8 Å². The fraction of sp³-hybridized carbons (Fsp3) is 0.632. The molecule has 0 unspecified atom stereocenters. The van der Waals surface area contributed by atoms with Gasteiger partial charge in [-0.15, -0.1) is 0 Å². The third kappa shape index (κ3) is 4.71. The molecule has 2 fully saturated rings. The first-order valence-corrected chi connectivity index (χ1v) is 8.80. The van der Waals surface area contributed by atoms with Gasteiger partial charge >= 0.3 is 5.97 Å². The molecule has 2 aliphatic rings. The Labute approximate surface area is 138 Å². The lowest BCUT2D eigenvalue weighted by atomic mass is 9.86. The van der Waals surface area contributed by atoms with E-state index in [0.29, 0.717) is 6.04 Å². The molecule has 0 bridgehead atoms. The predicted molar refractivity (Wildman–Crippen MR) is 89.6 cm³/mol. The van der Waals surface area contributed by atoms with Crippen LogP contribution in [0.15, 0.2) is 18.2 Å². The highest BCUT2D eigenvalue weighted by Crippen LogP contribution is 2.31. The summed E-state index contributed by atoms with van der Waals surface area (Å²) in [6.45, 7) is 3.72. The second-order valence-electron chi connectivity index (χ2n) is 7.13. The highest BCUT2D eigenvalue weighted by atomic mass is 16.5. The monoisotopic (exact) mass is 317 g/mol. The second-order valence-corrected chi connectivity index (χ2v) is 7.13. The van der Waals surface area contributed by atoms with Gasteiger partial charge < -0.3 is 15.2 Å². The molecule has 23 heavy (non-hydrogen) atoms. The van der Waals surface area contributed by atoms with Crippen LogP contribution in [-0.4, -0.2) is 23.7 Å². The van der Waals surface area contributed by atoms with Crippen LogP contribution in [0.5, 0.6) is 5.75 Å². The summed E-state index contributed by atoms with van der Waals surface area (Å²) < 4.78 is 6.01. The van der Waals surface area contributed by atoms with E-state index in [1.807, 2.05) is 0 Å². The Morgan fingerprint density at radius 2 is 1.96 bits per heavy atom. The van der Waals surface area contributed by atoms with Crippen molar-refractivity contribution in [2.45, 2.75) is 58.0 Å². The molecule has 0 radical (unpaired) electrons. The van der Waals surface area contributed by atoms with E-state index >= 15 is 0 Å². The third-order valence-corrected chi connectivity index (χ3v) is 5.05. The number of carboxylic acid groups (broad SMARTS) is 1. The number of nitrogens with one attached hydrogen (secondary N) is 1. The Morgan fingerprint density at radius 1 is 1.22 bits per heavy atom. The number of rotatable bonds is 7. The standard InChI is InChI=1S/C19H27NO3/c1-13-2-5-16(18(10-13)23-12-14-3-4-14)11-20-17-8-6-15(7-9-17)19(21)22/h2,5,10,14-15,17,20H,3-4,6-9,11-12H2,1H3,(H,21,22). The molecule has 2 aliphatic carbocycles. The fourth-order valence-electron chi connectivity index (χ4n) is 3.23. The van der Waals surface area contributed by atoms with Gasteiger partial charge in [0.25, 0.3) is 0 Å². The molecule has 126 valence electrons. The third-order valence-electron chi connectivity index (χ3n) is 5.05. The summed E-state index contributed by atoms with van der Waals surface area (Å²) >= 11 is 0. The van der Waals surface area contributed by atoms with Gasteiger partial charge in [-0.3, -0.25) is 4.79 Å². The van der Waals surface area contributed by atoms with Crippen LogP contribution in [0.1, 0.15) is 49.7 Å². The molecule has 2 saturated carbocycles. The number of carboxylic acids is 1. The van der Waals surface area contributed by atoms with Crippen LogP contribution >= 0.6 is 0 Å². The molecule has 0 atom stereocenters. The minimum Gasteiger partial charge on any atom is -0.493 e. The molecule has 0 aliphatic heterocycles. The van der Waals surface area contributed by atoms with Crippen LogP contribution in [0.2, 0.25) is 0 Å². The molecular weight excluding hydrogens is 290 g/mol. The number of ether oxygens (including phenoxy) is 1. The number of hydrogen-bond acceptors (Lipinski definition) is 3. The lowest BCUT2D eigenvalue weighted by Gasteiger charge is -2.27. The van der Waals surface area contributed by atoms with E-state index in [0.717, 1.165) is 50.5 Å². The molecule has 0 heterocycles. The maximum Gasteiger partial charge on any atom is 0.306 e. The number of aliphatic carboxylic acids is 1. The molecule has 0 saturated heterocycles. The average Bonchev–Trinajstić information content (AvgIpc) is 3.36. The van der Waals surface area contributed by atoms with Gasteiger partial charge in [0.2, 0.25) is 0 Å². The maximum atomic E-state index is 11.0. The van der Waals surface area contributed by atoms with Crippen molar-refractivity contribution < 1.29 is 14.6 Å². The van der Waals surface area contributed by atoms with Crippen molar-refractivity contribution in [2.75, 3.05) is 6.61 Å². The summed E-state index contributed by atoms with van der Waals surface area (Å²) in [6.07, 6.45) is 6.05. The molecule has 0 amide bonds. The summed E-state index contributed by atoms with van der Waals surface area (Å²) in [7, 11) is 0. The first-order chi connectivity index (χ1) is 11.1. The Morgan fingerprint density at radius 3 is 2.61 bits per heavy atom. The molecule has 4 heteroatoms. The lowest BCUT2D eigenvalue weighted by molar-refractivity contribution is -0.142. The smallest absolute Gasteiger partial charge is 0.306 e. The van der Waals surface area contributed by atoms with Crippen LogP contribution in [0, 0.1) is 18.8 Å². The van der Waals surface area contributed by atoms with Crippen LogP contribution in [0.25, 0.3) is 0 Å². The average molecular weight is 317 g/mol. The van der Waals surface area contributed by atoms with Gasteiger partial charge in [0, 0.05) is 18.2 Å². The number of aryl methyl sites for hydroxylation is 1. The van der Waals surface area contributed by atoms with Gasteiger partial charge in [0.15, 0.2) is 0 Å². The van der Waals surface area contributed by atoms with Gasteiger partial charge in [-0.2, -0.15) is 0 Å². The minimum atomic E-state index is -0.641. The zero-order chi connectivity index (χ0) is 16.2. The van der Waals surface area contributed by atoms with Crippen LogP contribution in [0.3, 0.4) is 0 Å². The molecule has 0 aromatic heterocycles. The Bertz CT molecular complexity index is 546. The van der Waals surface area contributed by atoms with Crippen molar-refractivity contribution in [3.8, 4) is 5.75 Å². The summed E-state index contributed by atoms with van der Waals surface area (Å²) in [5.41, 5.74) is 2.43. The Balaban J connectivity index is 1.52. The van der Waals surface area contributed by atoms with Crippen LogP contribution < -0.4 is 10.1 Å². The zero-order valence-corrected chi connectivity index (χ0v) is 13.9. The first kappa shape index (κ1) is 16.3. The topological polar surface area (TPSA) is 58.6 Å². The van der Waals surface area contributed by atoms with Crippen molar-refractivity contribution in [3.05, 3.63) is 29.3 Å². The molecule has 2 N–H and O–H groups in total. The molecule has 4 nitrogen and oxygen atoms in total. The fourth-order valence-corrected chi connectivity index (χ4v) is 3.23. The lowest BCUT2D eigenvalue weighted by Crippen LogP contribution is -2.34. The zero-order valence-electron chi connectivity index (χ0n) is 13.9. The van der Waals surface area contributed by atoms with Gasteiger partial charge in [-0.1, -0.05) is 12.1 Å². The summed E-state index contributed by atoms with van der Waals surface area (Å²) in [5, 5.41) is 12.7. The van der Waals surface area contributed by atoms with Gasteiger partial charge in [0.05, 0.1) is 12.5 Å². The predicted octanol–water partition coefficient (Wildman–Crippen LogP) is 3.52. The maximum absolute atomic E-state index is 11.0. The van der Waals surface area contributed by atoms with Crippen molar-refractivity contribution in [1.29, 1.82) is 0 Å². The highest BCUT2D eigenvalue weighted by molar-refractivity contribution is 5.70. The van der Waals surface area contributed by atoms with E-state index in [4.69, 9.17) is 9.84 Å². The second kappa shape index (κ2) is 7.35. The van der Waals surface area contributed by atoms with E-state index in [1.54, 1.807) is 0 Å². The van der Waals surface area contributed by atoms with Gasteiger partial charge in [-0.25, -0.2) is 0 Å². The Kier molecular flexibility index (Phi) is 5.21. The van der Waals surface area contributed by atoms with Crippen molar-refractivity contribution >= 4 is 5.97 Å². The number of hydrogen-bond donors (Lipinski definition) is 2. The van der Waals surface area contributed by atoms with E-state index in [9.17, 15) is 4.79 Å². The van der Waals surface area contributed by atoms with E-state index in [1.165, 1.54) is 24.0 Å². The van der Waals surface area contributed by atoms with Crippen molar-refractivity contribution in [1.82, 2.24) is 5.32 Å². The molecule has 3 rings (SSSR count). The summed E-state index contributed by atoms with van der Waals surface area (Å²) in [5.74, 6) is 0.967. The Hall–Kier alpha value is -1.55. The SMILES string of the molecule is Cc1ccc(CNC2CCC(C(=O)O)CC2)c(OCC2CC2)c1. The van der Waals surface area contributed by atoms with Gasteiger partial charge in [-0.05, 0) is 63.0 Å². The molecular formula is C19H27NO3. The normalized spacial score (nSPS) is 24.4. The first-order valence-electron chi connectivity index (χ1n) is 8.80. The summed E-state index contributed by atoms with van der Waals surface area (Å²) in [6, 6.07) is 6.82. The number of carbonyl (C=O) groups is 1. The van der Waals surface area contributed by atoms with E-state index in [2.05, 4.69) is 30.4 Å². The van der Waals surface area contributed by atoms with Gasteiger partial charge in [0.1, 0.15) is 5.75 Å². The van der Waals surface area contributed by atoms with E-state index in [-0.39, 0.29) is 5.92 Å². The molecule has 0 spiro atoms. The number of benzene rings is 1. The van der Waals surface area contributed by atoms with Crippen LogP contribution in [0.4, 0.5) is 0 Å². The van der Waals surface area contributed by atoms with Crippen LogP contribution in [-0.2, 0) is 11.3 Å². The van der Waals surface area contributed by atoms with Crippen molar-refractivity contribution in [3.63, 3.8) is 0 Å². The van der Waals surface area contributed by atoms with E-state index < -0.39 is 5.97 Å². The summed E-state index contributed by atoms with van der Waals surface area (Å²) in [4.78, 5) is 11.0. The highest BCUT2D eigenvalue weighted by Gasteiger charge is 2.26. The molecule has 1 aromatic carbocycles. The minimum absolute atomic E-state index is 0.148.